The SMILES string of the molecule is Cc1ccc([N+](=O)[O-])cc1S(=O)(=O)N1CCC(C(=O)N2CCCCC2C)CC1. The number of nitro benzene ring substituents is 1. The first-order valence-electron chi connectivity index (χ1n) is 9.77. The number of hydrogen-bond donors (Lipinski definition) is 0. The first kappa shape index (κ1) is 20.7. The van der Waals surface area contributed by atoms with Crippen LogP contribution in [-0.4, -0.2) is 54.1 Å². The quantitative estimate of drug-likeness (QED) is 0.562. The molecule has 2 aliphatic rings. The van der Waals surface area contributed by atoms with Crippen molar-refractivity contribution in [3.8, 4) is 0 Å². The van der Waals surface area contributed by atoms with Crippen molar-refractivity contribution in [1.29, 1.82) is 0 Å². The zero-order valence-electron chi connectivity index (χ0n) is 16.3. The van der Waals surface area contributed by atoms with Crippen LogP contribution >= 0.6 is 0 Å². The van der Waals surface area contributed by atoms with Crippen LogP contribution < -0.4 is 0 Å². The minimum atomic E-state index is -3.83. The molecule has 28 heavy (non-hydrogen) atoms. The fourth-order valence-corrected chi connectivity index (χ4v) is 5.84. The Bertz CT molecular complexity index is 862. The van der Waals surface area contributed by atoms with Gasteiger partial charge in [0.2, 0.25) is 15.9 Å². The molecule has 1 aromatic carbocycles. The largest absolute Gasteiger partial charge is 0.340 e. The average Bonchev–Trinajstić information content (AvgIpc) is 2.68. The van der Waals surface area contributed by atoms with Crippen molar-refractivity contribution < 1.29 is 18.1 Å². The van der Waals surface area contributed by atoms with Gasteiger partial charge in [-0.2, -0.15) is 4.31 Å². The van der Waals surface area contributed by atoms with Gasteiger partial charge in [-0.05, 0) is 51.5 Å². The number of sulfonamides is 1. The average molecular weight is 410 g/mol. The monoisotopic (exact) mass is 409 g/mol. The summed E-state index contributed by atoms with van der Waals surface area (Å²) in [5, 5.41) is 11.0. The molecule has 154 valence electrons. The Morgan fingerprint density at radius 3 is 2.43 bits per heavy atom. The lowest BCUT2D eigenvalue weighted by molar-refractivity contribution is -0.385. The van der Waals surface area contributed by atoms with Crippen molar-refractivity contribution in [3.63, 3.8) is 0 Å². The van der Waals surface area contributed by atoms with E-state index in [1.807, 2.05) is 4.90 Å². The third-order valence-corrected chi connectivity index (χ3v) is 7.93. The Balaban J connectivity index is 1.71. The Morgan fingerprint density at radius 1 is 1.14 bits per heavy atom. The molecular weight excluding hydrogens is 382 g/mol. The molecule has 2 saturated heterocycles. The number of benzene rings is 1. The lowest BCUT2D eigenvalue weighted by atomic mass is 9.94. The summed E-state index contributed by atoms with van der Waals surface area (Å²) < 4.78 is 27.4. The molecule has 1 amide bonds. The third-order valence-electron chi connectivity index (χ3n) is 5.89. The number of carbonyl (C=O) groups excluding carboxylic acids is 1. The summed E-state index contributed by atoms with van der Waals surface area (Å²) in [7, 11) is -3.83. The van der Waals surface area contributed by atoms with Gasteiger partial charge in [-0.3, -0.25) is 14.9 Å². The minimum Gasteiger partial charge on any atom is -0.340 e. The number of non-ortho nitro benzene ring substituents is 1. The van der Waals surface area contributed by atoms with Crippen LogP contribution in [-0.2, 0) is 14.8 Å². The highest BCUT2D eigenvalue weighted by atomic mass is 32.2. The van der Waals surface area contributed by atoms with Gasteiger partial charge in [0.15, 0.2) is 0 Å². The summed E-state index contributed by atoms with van der Waals surface area (Å²) in [6.07, 6.45) is 4.15. The van der Waals surface area contributed by atoms with Crippen molar-refractivity contribution in [2.24, 2.45) is 5.92 Å². The molecule has 1 atom stereocenters. The Kier molecular flexibility index (Phi) is 6.04. The van der Waals surface area contributed by atoms with Crippen LogP contribution in [0, 0.1) is 23.0 Å². The molecule has 2 aliphatic heterocycles. The second-order valence-corrected chi connectivity index (χ2v) is 9.67. The highest BCUT2D eigenvalue weighted by Gasteiger charge is 2.36. The number of nitrogens with zero attached hydrogens (tertiary/aromatic N) is 3. The summed E-state index contributed by atoms with van der Waals surface area (Å²) in [6, 6.07) is 4.13. The predicted molar refractivity (Wildman–Crippen MR) is 104 cm³/mol. The number of amides is 1. The topological polar surface area (TPSA) is 101 Å². The number of hydrogen-bond acceptors (Lipinski definition) is 5. The van der Waals surface area contributed by atoms with Gasteiger partial charge in [0.05, 0.1) is 9.82 Å². The highest BCUT2D eigenvalue weighted by molar-refractivity contribution is 7.89. The standard InChI is InChI=1S/C19H27N3O5S/c1-14-6-7-17(22(24)25)13-18(14)28(26,27)20-11-8-16(9-12-20)19(23)21-10-4-3-5-15(21)2/h6-7,13,15-16H,3-5,8-12H2,1-2H3. The number of carbonyl (C=O) groups is 1. The molecule has 1 aromatic rings. The maximum Gasteiger partial charge on any atom is 0.270 e. The van der Waals surface area contributed by atoms with E-state index >= 15 is 0 Å². The predicted octanol–water partition coefficient (Wildman–Crippen LogP) is 2.70. The molecular formula is C19H27N3O5S. The van der Waals surface area contributed by atoms with Crippen LogP contribution in [0.4, 0.5) is 5.69 Å². The minimum absolute atomic E-state index is 0.0314. The van der Waals surface area contributed by atoms with Crippen LogP contribution in [0.2, 0.25) is 0 Å². The van der Waals surface area contributed by atoms with Crippen LogP contribution in [0.25, 0.3) is 0 Å². The van der Waals surface area contributed by atoms with Gasteiger partial charge in [0.1, 0.15) is 0 Å². The fraction of sp³-hybridized carbons (Fsp3) is 0.632. The van der Waals surface area contributed by atoms with E-state index in [0.29, 0.717) is 18.4 Å². The van der Waals surface area contributed by atoms with E-state index in [2.05, 4.69) is 6.92 Å². The van der Waals surface area contributed by atoms with Crippen molar-refractivity contribution in [2.75, 3.05) is 19.6 Å². The van der Waals surface area contributed by atoms with Gasteiger partial charge < -0.3 is 4.90 Å². The van der Waals surface area contributed by atoms with Gasteiger partial charge >= 0.3 is 0 Å². The van der Waals surface area contributed by atoms with E-state index in [-0.39, 0.29) is 41.5 Å². The third kappa shape index (κ3) is 4.05. The number of rotatable bonds is 4. The molecule has 0 N–H and O–H groups in total. The Hall–Kier alpha value is -2.00. The summed E-state index contributed by atoms with van der Waals surface area (Å²) in [6.45, 7) is 4.99. The lowest BCUT2D eigenvalue weighted by Gasteiger charge is -2.38. The van der Waals surface area contributed by atoms with Gasteiger partial charge in [0, 0.05) is 43.7 Å². The van der Waals surface area contributed by atoms with Crippen molar-refractivity contribution >= 4 is 21.6 Å². The zero-order chi connectivity index (χ0) is 20.5. The summed E-state index contributed by atoms with van der Waals surface area (Å²) >= 11 is 0. The van der Waals surface area contributed by atoms with Crippen LogP contribution in [0.3, 0.4) is 0 Å². The van der Waals surface area contributed by atoms with Gasteiger partial charge in [-0.1, -0.05) is 6.07 Å². The van der Waals surface area contributed by atoms with Crippen LogP contribution in [0.5, 0.6) is 0 Å². The van der Waals surface area contributed by atoms with Crippen molar-refractivity contribution in [3.05, 3.63) is 33.9 Å². The second-order valence-electron chi connectivity index (χ2n) is 7.76. The molecule has 0 aliphatic carbocycles. The van der Waals surface area contributed by atoms with Gasteiger partial charge in [-0.25, -0.2) is 8.42 Å². The van der Waals surface area contributed by atoms with Crippen LogP contribution in [0.15, 0.2) is 23.1 Å². The lowest BCUT2D eigenvalue weighted by Crippen LogP contribution is -2.48. The van der Waals surface area contributed by atoms with Gasteiger partial charge in [-0.15, -0.1) is 0 Å². The highest BCUT2D eigenvalue weighted by Crippen LogP contribution is 2.30. The fourth-order valence-electron chi connectivity index (χ4n) is 4.12. The number of piperidine rings is 2. The summed E-state index contributed by atoms with van der Waals surface area (Å²) in [5.41, 5.74) is 0.235. The first-order chi connectivity index (χ1) is 13.2. The molecule has 2 fully saturated rings. The molecule has 0 aromatic heterocycles. The second kappa shape index (κ2) is 8.16. The molecule has 3 rings (SSSR count). The first-order valence-corrected chi connectivity index (χ1v) is 11.2. The van der Waals surface area contributed by atoms with E-state index in [4.69, 9.17) is 0 Å². The van der Waals surface area contributed by atoms with Crippen molar-refractivity contribution in [1.82, 2.24) is 9.21 Å². The normalized spacial score (nSPS) is 22.2. The molecule has 9 heteroatoms. The van der Waals surface area contributed by atoms with E-state index in [1.165, 1.54) is 16.4 Å². The number of nitro groups is 1. The molecule has 0 saturated carbocycles. The number of aryl methyl sites for hydroxylation is 1. The molecule has 0 spiro atoms. The molecule has 8 nitrogen and oxygen atoms in total. The Labute approximate surface area is 165 Å². The molecule has 0 bridgehead atoms. The van der Waals surface area contributed by atoms with Crippen LogP contribution in [0.1, 0.15) is 44.6 Å². The smallest absolute Gasteiger partial charge is 0.270 e. The number of likely N-dealkylation sites (tertiary alicyclic amines) is 1. The van der Waals surface area contributed by atoms with Crippen molar-refractivity contribution in [2.45, 2.75) is 56.9 Å². The zero-order valence-corrected chi connectivity index (χ0v) is 17.2. The maximum absolute atomic E-state index is 13.0. The maximum atomic E-state index is 13.0. The Morgan fingerprint density at radius 2 is 1.82 bits per heavy atom. The van der Waals surface area contributed by atoms with E-state index in [1.54, 1.807) is 6.92 Å². The van der Waals surface area contributed by atoms with E-state index in [9.17, 15) is 23.3 Å². The molecule has 2 heterocycles. The van der Waals surface area contributed by atoms with E-state index < -0.39 is 14.9 Å². The molecule has 1 unspecified atom stereocenters. The van der Waals surface area contributed by atoms with E-state index in [0.717, 1.165) is 31.9 Å². The molecule has 0 radical (unpaired) electrons. The van der Waals surface area contributed by atoms with Gasteiger partial charge in [0.25, 0.3) is 5.69 Å². The summed E-state index contributed by atoms with van der Waals surface area (Å²) in [4.78, 5) is 25.2. The summed E-state index contributed by atoms with van der Waals surface area (Å²) in [5.74, 6) is -0.0195.